The van der Waals surface area contributed by atoms with Gasteiger partial charge in [0.2, 0.25) is 0 Å². The van der Waals surface area contributed by atoms with Gasteiger partial charge in [0.1, 0.15) is 4.88 Å². The van der Waals surface area contributed by atoms with Gasteiger partial charge in [0.05, 0.1) is 12.8 Å². The van der Waals surface area contributed by atoms with Crippen LogP contribution in [0.2, 0.25) is 0 Å². The Bertz CT molecular complexity index is 519. The molecule has 17 heavy (non-hydrogen) atoms. The third-order valence-corrected chi connectivity index (χ3v) is 3.31. The van der Waals surface area contributed by atoms with E-state index in [1.165, 1.54) is 18.4 Å². The lowest BCUT2D eigenvalue weighted by Gasteiger charge is -2.05. The SMILES string of the molecule is COC(=O)c1sc(C)cc1Nc1ccccc1. The summed E-state index contributed by atoms with van der Waals surface area (Å²) >= 11 is 1.43. The highest BCUT2D eigenvalue weighted by atomic mass is 32.1. The van der Waals surface area contributed by atoms with E-state index in [9.17, 15) is 4.79 Å². The first-order chi connectivity index (χ1) is 8.20. The zero-order valence-corrected chi connectivity index (χ0v) is 10.5. The number of nitrogens with one attached hydrogen (secondary N) is 1. The number of ether oxygens (including phenoxy) is 1. The molecule has 3 nitrogen and oxygen atoms in total. The molecule has 1 heterocycles. The van der Waals surface area contributed by atoms with Gasteiger partial charge < -0.3 is 10.1 Å². The molecule has 0 aliphatic heterocycles. The summed E-state index contributed by atoms with van der Waals surface area (Å²) in [6, 6.07) is 11.7. The van der Waals surface area contributed by atoms with Crippen molar-refractivity contribution in [2.24, 2.45) is 0 Å². The van der Waals surface area contributed by atoms with Crippen molar-refractivity contribution >= 4 is 28.7 Å². The highest BCUT2D eigenvalue weighted by Crippen LogP contribution is 2.29. The summed E-state index contributed by atoms with van der Waals surface area (Å²) in [6.45, 7) is 1.97. The monoisotopic (exact) mass is 247 g/mol. The smallest absolute Gasteiger partial charge is 0.350 e. The molecule has 1 aromatic carbocycles. The van der Waals surface area contributed by atoms with Gasteiger partial charge in [-0.25, -0.2) is 4.79 Å². The molecule has 0 saturated carbocycles. The quantitative estimate of drug-likeness (QED) is 0.842. The number of hydrogen-bond donors (Lipinski definition) is 1. The van der Waals surface area contributed by atoms with Gasteiger partial charge in [0.15, 0.2) is 0 Å². The number of hydrogen-bond acceptors (Lipinski definition) is 4. The van der Waals surface area contributed by atoms with Gasteiger partial charge in [-0.1, -0.05) is 18.2 Å². The summed E-state index contributed by atoms with van der Waals surface area (Å²) in [5, 5.41) is 3.22. The van der Waals surface area contributed by atoms with Gasteiger partial charge in [-0.3, -0.25) is 0 Å². The molecule has 0 aliphatic carbocycles. The van der Waals surface area contributed by atoms with E-state index in [1.54, 1.807) is 0 Å². The molecule has 1 aromatic heterocycles. The van der Waals surface area contributed by atoms with Gasteiger partial charge >= 0.3 is 5.97 Å². The fraction of sp³-hybridized carbons (Fsp3) is 0.154. The summed E-state index contributed by atoms with van der Waals surface area (Å²) in [5.41, 5.74) is 1.75. The Morgan fingerprint density at radius 3 is 2.65 bits per heavy atom. The normalized spacial score (nSPS) is 10.0. The lowest BCUT2D eigenvalue weighted by molar-refractivity contribution is 0.0607. The summed E-state index contributed by atoms with van der Waals surface area (Å²) in [4.78, 5) is 13.3. The molecule has 0 bridgehead atoms. The van der Waals surface area contributed by atoms with Crippen LogP contribution >= 0.6 is 11.3 Å². The molecule has 88 valence electrons. The molecule has 0 unspecified atom stereocenters. The lowest BCUT2D eigenvalue weighted by Crippen LogP contribution is -2.01. The highest BCUT2D eigenvalue weighted by Gasteiger charge is 2.15. The number of carbonyl (C=O) groups is 1. The minimum absolute atomic E-state index is 0.304. The Hall–Kier alpha value is -1.81. The summed E-state index contributed by atoms with van der Waals surface area (Å²) in [6.07, 6.45) is 0. The van der Waals surface area contributed by atoms with Crippen molar-refractivity contribution in [1.82, 2.24) is 0 Å². The van der Waals surface area contributed by atoms with Crippen LogP contribution in [-0.2, 0) is 4.74 Å². The van der Waals surface area contributed by atoms with Gasteiger partial charge in [-0.15, -0.1) is 11.3 Å². The summed E-state index contributed by atoms with van der Waals surface area (Å²) in [5.74, 6) is -0.304. The van der Waals surface area contributed by atoms with Crippen molar-refractivity contribution in [2.75, 3.05) is 12.4 Å². The summed E-state index contributed by atoms with van der Waals surface area (Å²) in [7, 11) is 1.39. The van der Waals surface area contributed by atoms with Crippen molar-refractivity contribution in [3.05, 3.63) is 46.2 Å². The Balaban J connectivity index is 2.30. The second-order valence-electron chi connectivity index (χ2n) is 3.58. The minimum Gasteiger partial charge on any atom is -0.465 e. The van der Waals surface area contributed by atoms with E-state index < -0.39 is 0 Å². The van der Waals surface area contributed by atoms with E-state index in [0.29, 0.717) is 4.88 Å². The van der Waals surface area contributed by atoms with Crippen molar-refractivity contribution in [1.29, 1.82) is 0 Å². The second kappa shape index (κ2) is 5.01. The number of thiophene rings is 1. The fourth-order valence-electron chi connectivity index (χ4n) is 1.53. The predicted molar refractivity (Wildman–Crippen MR) is 70.1 cm³/mol. The Morgan fingerprint density at radius 2 is 2.00 bits per heavy atom. The van der Waals surface area contributed by atoms with Crippen LogP contribution in [0.3, 0.4) is 0 Å². The van der Waals surface area contributed by atoms with Crippen LogP contribution in [0.1, 0.15) is 14.5 Å². The maximum Gasteiger partial charge on any atom is 0.350 e. The molecular formula is C13H13NO2S. The maximum atomic E-state index is 11.6. The zero-order chi connectivity index (χ0) is 12.3. The van der Waals surface area contributed by atoms with Gasteiger partial charge in [0.25, 0.3) is 0 Å². The number of benzene rings is 1. The number of methoxy groups -OCH3 is 1. The molecule has 4 heteroatoms. The fourth-order valence-corrected chi connectivity index (χ4v) is 2.41. The number of esters is 1. The Kier molecular flexibility index (Phi) is 3.44. The van der Waals surface area contributed by atoms with Crippen LogP contribution in [0.15, 0.2) is 36.4 Å². The van der Waals surface area contributed by atoms with Crippen LogP contribution in [0.5, 0.6) is 0 Å². The average molecular weight is 247 g/mol. The number of anilines is 2. The lowest BCUT2D eigenvalue weighted by atomic mass is 10.3. The second-order valence-corrected chi connectivity index (χ2v) is 4.84. The third-order valence-electron chi connectivity index (χ3n) is 2.28. The minimum atomic E-state index is -0.304. The number of aryl methyl sites for hydroxylation is 1. The average Bonchev–Trinajstić information content (AvgIpc) is 2.70. The number of rotatable bonds is 3. The van der Waals surface area contributed by atoms with Crippen LogP contribution < -0.4 is 5.32 Å². The molecule has 0 amide bonds. The molecule has 2 rings (SSSR count). The van der Waals surface area contributed by atoms with Crippen LogP contribution in [0, 0.1) is 6.92 Å². The highest BCUT2D eigenvalue weighted by molar-refractivity contribution is 7.14. The largest absolute Gasteiger partial charge is 0.465 e. The summed E-state index contributed by atoms with van der Waals surface area (Å²) < 4.78 is 4.76. The molecule has 1 N–H and O–H groups in total. The van der Waals surface area contributed by atoms with Gasteiger partial charge in [-0.2, -0.15) is 0 Å². The van der Waals surface area contributed by atoms with Crippen molar-refractivity contribution in [3.63, 3.8) is 0 Å². The Labute approximate surface area is 104 Å². The van der Waals surface area contributed by atoms with Crippen molar-refractivity contribution < 1.29 is 9.53 Å². The van der Waals surface area contributed by atoms with E-state index in [-0.39, 0.29) is 5.97 Å². The molecule has 0 atom stereocenters. The standard InChI is InChI=1S/C13H13NO2S/c1-9-8-11(12(17-9)13(15)16-2)14-10-6-4-3-5-7-10/h3-8,14H,1-2H3. The maximum absolute atomic E-state index is 11.6. The van der Waals surface area contributed by atoms with Crippen LogP contribution in [0.25, 0.3) is 0 Å². The van der Waals surface area contributed by atoms with E-state index >= 15 is 0 Å². The van der Waals surface area contributed by atoms with E-state index in [4.69, 9.17) is 4.74 Å². The Morgan fingerprint density at radius 1 is 1.29 bits per heavy atom. The van der Waals surface area contributed by atoms with E-state index in [2.05, 4.69) is 5.32 Å². The van der Waals surface area contributed by atoms with E-state index in [1.807, 2.05) is 43.3 Å². The molecule has 0 aliphatic rings. The van der Waals surface area contributed by atoms with E-state index in [0.717, 1.165) is 16.3 Å². The molecule has 0 spiro atoms. The molecular weight excluding hydrogens is 234 g/mol. The molecule has 0 fully saturated rings. The molecule has 2 aromatic rings. The van der Waals surface area contributed by atoms with Crippen molar-refractivity contribution in [3.8, 4) is 0 Å². The van der Waals surface area contributed by atoms with Gasteiger partial charge in [-0.05, 0) is 25.1 Å². The predicted octanol–water partition coefficient (Wildman–Crippen LogP) is 3.59. The zero-order valence-electron chi connectivity index (χ0n) is 9.69. The van der Waals surface area contributed by atoms with Crippen molar-refractivity contribution in [2.45, 2.75) is 6.92 Å². The first-order valence-electron chi connectivity index (χ1n) is 5.21. The van der Waals surface area contributed by atoms with Gasteiger partial charge in [0, 0.05) is 10.6 Å². The van der Waals surface area contributed by atoms with Crippen LogP contribution in [-0.4, -0.2) is 13.1 Å². The molecule has 0 saturated heterocycles. The number of carbonyl (C=O) groups excluding carboxylic acids is 1. The topological polar surface area (TPSA) is 38.3 Å². The number of para-hydroxylation sites is 1. The van der Waals surface area contributed by atoms with Crippen LogP contribution in [0.4, 0.5) is 11.4 Å². The first-order valence-corrected chi connectivity index (χ1v) is 6.03. The third kappa shape index (κ3) is 2.65. The molecule has 0 radical (unpaired) electrons. The first kappa shape index (κ1) is 11.7.